The van der Waals surface area contributed by atoms with Crippen LogP contribution in [-0.2, 0) is 4.74 Å². The normalized spacial score (nSPS) is 13.5. The molecule has 1 aliphatic heterocycles. The van der Waals surface area contributed by atoms with Crippen LogP contribution in [0.2, 0.25) is 0 Å². The molecule has 0 unspecified atom stereocenters. The number of aryl methyl sites for hydroxylation is 1. The van der Waals surface area contributed by atoms with E-state index in [1.165, 1.54) is 30.1 Å². The molecule has 4 aromatic heterocycles. The Balaban J connectivity index is 1.53. The second-order valence-corrected chi connectivity index (χ2v) is 10.1. The van der Waals surface area contributed by atoms with Crippen molar-refractivity contribution in [1.82, 2.24) is 24.7 Å². The van der Waals surface area contributed by atoms with Gasteiger partial charge in [-0.15, -0.1) is 10.2 Å². The molecule has 0 radical (unpaired) electrons. The molecule has 210 valence electrons. The minimum Gasteiger partial charge on any atom is -0.494 e. The Hall–Kier alpha value is -4.54. The van der Waals surface area contributed by atoms with E-state index in [4.69, 9.17) is 9.47 Å². The highest BCUT2D eigenvalue weighted by Gasteiger charge is 2.22. The number of rotatable bonds is 6. The van der Waals surface area contributed by atoms with Gasteiger partial charge in [-0.25, -0.2) is 13.8 Å². The zero-order valence-electron chi connectivity index (χ0n) is 22.1. The fourth-order valence-electron chi connectivity index (χ4n) is 4.21. The molecule has 4 aromatic rings. The van der Waals surface area contributed by atoms with E-state index in [0.717, 1.165) is 36.4 Å². The van der Waals surface area contributed by atoms with Crippen molar-refractivity contribution in [2.24, 2.45) is 5.92 Å². The molecule has 1 N–H and O–H groups in total. The average molecular weight is 579 g/mol. The summed E-state index contributed by atoms with van der Waals surface area (Å²) >= 11 is 1.10. The summed E-state index contributed by atoms with van der Waals surface area (Å²) in [7, 11) is 1.36. The van der Waals surface area contributed by atoms with Gasteiger partial charge in [0, 0.05) is 48.2 Å². The predicted molar refractivity (Wildman–Crippen MR) is 148 cm³/mol. The lowest BCUT2D eigenvalue weighted by molar-refractivity contribution is 0.0807. The number of pyridine rings is 3. The lowest BCUT2D eigenvalue weighted by atomic mass is 10.00. The lowest BCUT2D eigenvalue weighted by Crippen LogP contribution is -2.21. The van der Waals surface area contributed by atoms with E-state index in [1.54, 1.807) is 19.1 Å². The Kier molecular flexibility index (Phi) is 8.42. The molecule has 1 fully saturated rings. The van der Waals surface area contributed by atoms with Crippen molar-refractivity contribution in [2.75, 3.05) is 25.6 Å². The molecule has 1 amide bonds. The maximum atomic E-state index is 13.6. The molecule has 0 saturated carbocycles. The van der Waals surface area contributed by atoms with E-state index >= 15 is 0 Å². The van der Waals surface area contributed by atoms with E-state index in [2.05, 4.69) is 37.3 Å². The van der Waals surface area contributed by atoms with Crippen molar-refractivity contribution in [3.63, 3.8) is 0 Å². The molecule has 0 bridgehead atoms. The van der Waals surface area contributed by atoms with Gasteiger partial charge >= 0.3 is 0 Å². The van der Waals surface area contributed by atoms with E-state index < -0.39 is 18.0 Å². The number of halogens is 2. The van der Waals surface area contributed by atoms with Crippen LogP contribution in [0.3, 0.4) is 0 Å². The van der Waals surface area contributed by atoms with E-state index in [-0.39, 0.29) is 44.9 Å². The number of nitrogens with zero attached hydrogens (tertiary/aromatic N) is 5. The maximum Gasteiger partial charge on any atom is 0.280 e. The first-order chi connectivity index (χ1) is 19.8. The van der Waals surface area contributed by atoms with Crippen LogP contribution < -0.4 is 15.6 Å². The first-order valence-corrected chi connectivity index (χ1v) is 13.4. The number of anilines is 1. The smallest absolute Gasteiger partial charge is 0.280 e. The minimum absolute atomic E-state index is 0.0317. The molecule has 0 atom stereocenters. The van der Waals surface area contributed by atoms with Gasteiger partial charge in [-0.2, -0.15) is 0 Å². The summed E-state index contributed by atoms with van der Waals surface area (Å²) < 4.78 is 39.2. The van der Waals surface area contributed by atoms with Crippen molar-refractivity contribution in [2.45, 2.75) is 26.2 Å². The van der Waals surface area contributed by atoms with Crippen LogP contribution in [0, 0.1) is 24.7 Å². The standard InChI is InChI=1S/C28H24F2N6O4S/c1-16-4-3-9-36(27(16)38)23-13-18(19-12-21(25(29)30)31-15-22(19)39-2)20(14-32-23)26(37)33-28-35-34-24(41-28)6-5-17-7-10-40-11-8-17/h3-4,9,12-15,17,25H,7-8,10-11H2,1-2H3,(H,33,35,37). The molecule has 1 saturated heterocycles. The van der Waals surface area contributed by atoms with E-state index in [0.29, 0.717) is 23.8 Å². The van der Waals surface area contributed by atoms with Crippen LogP contribution in [0.15, 0.2) is 47.7 Å². The zero-order chi connectivity index (χ0) is 28.9. The van der Waals surface area contributed by atoms with Crippen LogP contribution >= 0.6 is 11.3 Å². The fourth-order valence-corrected chi connectivity index (χ4v) is 4.81. The van der Waals surface area contributed by atoms with Crippen molar-refractivity contribution < 1.29 is 23.0 Å². The van der Waals surface area contributed by atoms with Crippen LogP contribution in [0.5, 0.6) is 5.75 Å². The van der Waals surface area contributed by atoms with E-state index in [1.807, 2.05) is 0 Å². The molecule has 1 aliphatic rings. The molecule has 10 nitrogen and oxygen atoms in total. The van der Waals surface area contributed by atoms with Crippen LogP contribution in [0.25, 0.3) is 16.9 Å². The Bertz CT molecular complexity index is 1710. The number of nitrogens with one attached hydrogen (secondary N) is 1. The zero-order valence-corrected chi connectivity index (χ0v) is 22.9. The number of hydrogen-bond donors (Lipinski definition) is 1. The Labute approximate surface area is 237 Å². The first kappa shape index (κ1) is 28.0. The third kappa shape index (κ3) is 6.29. The van der Waals surface area contributed by atoms with Crippen molar-refractivity contribution in [3.8, 4) is 34.5 Å². The second kappa shape index (κ2) is 12.3. The Morgan fingerprint density at radius 1 is 1.20 bits per heavy atom. The summed E-state index contributed by atoms with van der Waals surface area (Å²) in [6.07, 6.45) is 2.79. The monoisotopic (exact) mass is 578 g/mol. The number of hydrogen-bond acceptors (Lipinski definition) is 9. The van der Waals surface area contributed by atoms with Crippen molar-refractivity contribution >= 4 is 22.4 Å². The minimum atomic E-state index is -2.86. The summed E-state index contributed by atoms with van der Waals surface area (Å²) in [5, 5.41) is 11.4. The summed E-state index contributed by atoms with van der Waals surface area (Å²) in [5.74, 6) is 6.11. The van der Waals surface area contributed by atoms with Crippen molar-refractivity contribution in [1.29, 1.82) is 0 Å². The van der Waals surface area contributed by atoms with Gasteiger partial charge in [-0.3, -0.25) is 24.5 Å². The van der Waals surface area contributed by atoms with Gasteiger partial charge in [-0.1, -0.05) is 23.3 Å². The average Bonchev–Trinajstić information content (AvgIpc) is 3.44. The maximum absolute atomic E-state index is 13.6. The summed E-state index contributed by atoms with van der Waals surface area (Å²) in [5.41, 5.74) is 0.0607. The van der Waals surface area contributed by atoms with Gasteiger partial charge in [-0.05, 0) is 43.9 Å². The quantitative estimate of drug-likeness (QED) is 0.334. The molecular formula is C28H24F2N6O4S. The van der Waals surface area contributed by atoms with E-state index in [9.17, 15) is 18.4 Å². The lowest BCUT2D eigenvalue weighted by Gasteiger charge is -2.16. The highest BCUT2D eigenvalue weighted by molar-refractivity contribution is 7.15. The predicted octanol–water partition coefficient (Wildman–Crippen LogP) is 4.43. The van der Waals surface area contributed by atoms with Crippen LogP contribution in [0.1, 0.15) is 45.9 Å². The third-order valence-corrected chi connectivity index (χ3v) is 7.14. The number of carbonyl (C=O) groups is 1. The molecule has 0 aliphatic carbocycles. The SMILES string of the molecule is COc1cnc(C(F)F)cc1-c1cc(-n2cccc(C)c2=O)ncc1C(=O)Nc1nnc(C#CC2CCOCC2)s1. The summed E-state index contributed by atoms with van der Waals surface area (Å²) in [6.45, 7) is 3.00. The van der Waals surface area contributed by atoms with Gasteiger partial charge in [0.1, 0.15) is 17.3 Å². The molecular weight excluding hydrogens is 554 g/mol. The largest absolute Gasteiger partial charge is 0.494 e. The molecule has 5 rings (SSSR count). The number of alkyl halides is 2. The Morgan fingerprint density at radius 2 is 2.00 bits per heavy atom. The number of aromatic nitrogens is 5. The topological polar surface area (TPSA) is 121 Å². The molecule has 0 aromatic carbocycles. The van der Waals surface area contributed by atoms with Crippen molar-refractivity contribution in [3.05, 3.63) is 75.0 Å². The Morgan fingerprint density at radius 3 is 2.76 bits per heavy atom. The molecule has 0 spiro atoms. The number of methoxy groups -OCH3 is 1. The first-order valence-electron chi connectivity index (χ1n) is 12.6. The molecule has 13 heteroatoms. The number of carbonyl (C=O) groups excluding carboxylic acids is 1. The third-order valence-electron chi connectivity index (χ3n) is 6.39. The fraction of sp³-hybridized carbons (Fsp3) is 0.286. The highest BCUT2D eigenvalue weighted by Crippen LogP contribution is 2.35. The van der Waals surface area contributed by atoms with Gasteiger partial charge in [0.2, 0.25) is 5.13 Å². The molecule has 5 heterocycles. The van der Waals surface area contributed by atoms with Gasteiger partial charge < -0.3 is 9.47 Å². The molecule has 41 heavy (non-hydrogen) atoms. The van der Waals surface area contributed by atoms with Gasteiger partial charge in [0.25, 0.3) is 17.9 Å². The summed E-state index contributed by atoms with van der Waals surface area (Å²) in [6, 6.07) is 5.95. The van der Waals surface area contributed by atoms with Crippen LogP contribution in [-0.4, -0.2) is 51.0 Å². The summed E-state index contributed by atoms with van der Waals surface area (Å²) in [4.78, 5) is 34.3. The van der Waals surface area contributed by atoms with Crippen LogP contribution in [0.4, 0.5) is 13.9 Å². The number of amides is 1. The van der Waals surface area contributed by atoms with Gasteiger partial charge in [0.15, 0.2) is 5.01 Å². The number of ether oxygens (including phenoxy) is 2. The van der Waals surface area contributed by atoms with Gasteiger partial charge in [0.05, 0.1) is 18.9 Å². The second-order valence-electron chi connectivity index (χ2n) is 9.09. The highest BCUT2D eigenvalue weighted by atomic mass is 32.1.